The number of nitro groups is 1. The number of non-ortho nitro benzene ring substituents is 1. The second kappa shape index (κ2) is 9.05. The van der Waals surface area contributed by atoms with Crippen molar-refractivity contribution in [2.45, 2.75) is 38.8 Å². The second-order valence-corrected chi connectivity index (χ2v) is 7.24. The van der Waals surface area contributed by atoms with Crippen LogP contribution in [-0.4, -0.2) is 33.7 Å². The maximum absolute atomic E-state index is 12.6. The largest absolute Gasteiger partial charge is 0.508 e. The molecule has 9 heteroatoms. The zero-order valence-corrected chi connectivity index (χ0v) is 16.2. The van der Waals surface area contributed by atoms with E-state index in [0.717, 1.165) is 0 Å². The molecule has 1 atom stereocenters. The van der Waals surface area contributed by atoms with Gasteiger partial charge in [0.1, 0.15) is 23.1 Å². The molecule has 0 radical (unpaired) electrons. The summed E-state index contributed by atoms with van der Waals surface area (Å²) in [7, 11) is 0. The van der Waals surface area contributed by atoms with E-state index < -0.39 is 28.6 Å². The first-order chi connectivity index (χ1) is 13.5. The lowest BCUT2D eigenvalue weighted by Crippen LogP contribution is -2.46. The SMILES string of the molecule is CC(C)(C)OC(=O)NC(Cc1ccc(O)cc1)C(=O)Oc1ccc([N+](=O)[O-])cc1. The average Bonchev–Trinajstić information content (AvgIpc) is 2.62. The number of nitro benzene ring substituents is 1. The first-order valence-corrected chi connectivity index (χ1v) is 8.77. The topological polar surface area (TPSA) is 128 Å². The molecule has 2 aromatic carbocycles. The second-order valence-electron chi connectivity index (χ2n) is 7.24. The number of hydrogen-bond acceptors (Lipinski definition) is 7. The van der Waals surface area contributed by atoms with Crippen LogP contribution in [0.1, 0.15) is 26.3 Å². The van der Waals surface area contributed by atoms with Gasteiger partial charge < -0.3 is 19.9 Å². The molecule has 0 fully saturated rings. The molecule has 1 amide bonds. The molecule has 0 aliphatic carbocycles. The Hall–Kier alpha value is -3.62. The van der Waals surface area contributed by atoms with Crippen molar-refractivity contribution < 1.29 is 29.1 Å². The van der Waals surface area contributed by atoms with Gasteiger partial charge in [-0.05, 0) is 50.6 Å². The van der Waals surface area contributed by atoms with Gasteiger partial charge in [-0.15, -0.1) is 0 Å². The van der Waals surface area contributed by atoms with E-state index in [4.69, 9.17) is 9.47 Å². The van der Waals surface area contributed by atoms with Crippen LogP contribution in [0.15, 0.2) is 48.5 Å². The summed E-state index contributed by atoms with van der Waals surface area (Å²) in [4.78, 5) is 34.9. The zero-order valence-electron chi connectivity index (χ0n) is 16.2. The highest BCUT2D eigenvalue weighted by Gasteiger charge is 2.26. The van der Waals surface area contributed by atoms with Crippen LogP contribution in [0.3, 0.4) is 0 Å². The number of hydrogen-bond donors (Lipinski definition) is 2. The number of benzene rings is 2. The minimum Gasteiger partial charge on any atom is -0.508 e. The fourth-order valence-electron chi connectivity index (χ4n) is 2.33. The van der Waals surface area contributed by atoms with Crippen LogP contribution >= 0.6 is 0 Å². The summed E-state index contributed by atoms with van der Waals surface area (Å²) in [6.45, 7) is 5.07. The Morgan fingerprint density at radius 2 is 1.69 bits per heavy atom. The third-order valence-corrected chi connectivity index (χ3v) is 3.62. The molecule has 9 nitrogen and oxygen atoms in total. The predicted octanol–water partition coefficient (Wildman–Crippen LogP) is 3.34. The number of carbonyl (C=O) groups excluding carboxylic acids is 2. The molecule has 2 aromatic rings. The van der Waals surface area contributed by atoms with Gasteiger partial charge >= 0.3 is 12.1 Å². The summed E-state index contributed by atoms with van der Waals surface area (Å²) in [5, 5.41) is 22.6. The number of aromatic hydroxyl groups is 1. The Morgan fingerprint density at radius 1 is 1.10 bits per heavy atom. The van der Waals surface area contributed by atoms with Crippen molar-refractivity contribution in [1.29, 1.82) is 0 Å². The van der Waals surface area contributed by atoms with Gasteiger partial charge in [0.05, 0.1) is 4.92 Å². The van der Waals surface area contributed by atoms with Gasteiger partial charge in [-0.3, -0.25) is 10.1 Å². The molecule has 0 aliphatic rings. The van der Waals surface area contributed by atoms with Crippen LogP contribution in [0.4, 0.5) is 10.5 Å². The van der Waals surface area contributed by atoms with E-state index in [1.165, 1.54) is 36.4 Å². The van der Waals surface area contributed by atoms with E-state index >= 15 is 0 Å². The summed E-state index contributed by atoms with van der Waals surface area (Å²) < 4.78 is 10.5. The van der Waals surface area contributed by atoms with Gasteiger partial charge in [-0.1, -0.05) is 12.1 Å². The summed E-state index contributed by atoms with van der Waals surface area (Å²) in [6, 6.07) is 10.1. The molecule has 0 saturated carbocycles. The first-order valence-electron chi connectivity index (χ1n) is 8.77. The number of phenolic OH excluding ortho intramolecular Hbond substituents is 1. The zero-order chi connectivity index (χ0) is 21.6. The smallest absolute Gasteiger partial charge is 0.408 e. The lowest BCUT2D eigenvalue weighted by Gasteiger charge is -2.23. The fraction of sp³-hybridized carbons (Fsp3) is 0.300. The lowest BCUT2D eigenvalue weighted by molar-refractivity contribution is -0.384. The molecule has 2 N–H and O–H groups in total. The standard InChI is InChI=1S/C20H22N2O7/c1-20(2,3)29-19(25)21-17(12-13-4-8-15(23)9-5-13)18(24)28-16-10-6-14(7-11-16)22(26)27/h4-11,17,23H,12H2,1-3H3,(H,21,25). The van der Waals surface area contributed by atoms with Gasteiger partial charge in [0.2, 0.25) is 0 Å². The number of carbonyl (C=O) groups is 2. The Morgan fingerprint density at radius 3 is 2.21 bits per heavy atom. The van der Waals surface area contributed by atoms with E-state index in [-0.39, 0.29) is 23.6 Å². The molecular formula is C20H22N2O7. The number of alkyl carbamates (subject to hydrolysis) is 1. The molecule has 0 heterocycles. The summed E-state index contributed by atoms with van der Waals surface area (Å²) in [5.74, 6) is -0.598. The number of nitrogens with one attached hydrogen (secondary N) is 1. The van der Waals surface area contributed by atoms with Crippen LogP contribution in [0.5, 0.6) is 11.5 Å². The van der Waals surface area contributed by atoms with Crippen LogP contribution in [0, 0.1) is 10.1 Å². The number of phenols is 1. The highest BCUT2D eigenvalue weighted by molar-refractivity contribution is 5.83. The van der Waals surface area contributed by atoms with Crippen molar-refractivity contribution >= 4 is 17.7 Å². The number of nitrogens with zero attached hydrogens (tertiary/aromatic N) is 1. The third kappa shape index (κ3) is 7.13. The van der Waals surface area contributed by atoms with Crippen molar-refractivity contribution in [2.24, 2.45) is 0 Å². The van der Waals surface area contributed by atoms with Gasteiger partial charge in [-0.25, -0.2) is 9.59 Å². The molecule has 0 bridgehead atoms. The minimum absolute atomic E-state index is 0.0684. The number of esters is 1. The first kappa shape index (κ1) is 21.7. The molecular weight excluding hydrogens is 380 g/mol. The predicted molar refractivity (Wildman–Crippen MR) is 104 cm³/mol. The van der Waals surface area contributed by atoms with Crippen molar-refractivity contribution in [2.75, 3.05) is 0 Å². The lowest BCUT2D eigenvalue weighted by atomic mass is 10.1. The summed E-state index contributed by atoms with van der Waals surface area (Å²) in [6.07, 6.45) is -0.701. The van der Waals surface area contributed by atoms with Crippen LogP contribution in [0.25, 0.3) is 0 Å². The Kier molecular flexibility index (Phi) is 6.76. The van der Waals surface area contributed by atoms with Gasteiger partial charge in [0, 0.05) is 18.6 Å². The van der Waals surface area contributed by atoms with E-state index in [1.54, 1.807) is 32.9 Å². The van der Waals surface area contributed by atoms with E-state index in [9.17, 15) is 24.8 Å². The molecule has 1 unspecified atom stereocenters. The molecule has 154 valence electrons. The fourth-order valence-corrected chi connectivity index (χ4v) is 2.33. The Balaban J connectivity index is 2.15. The van der Waals surface area contributed by atoms with E-state index in [0.29, 0.717) is 5.56 Å². The minimum atomic E-state index is -1.08. The van der Waals surface area contributed by atoms with Gasteiger partial charge in [-0.2, -0.15) is 0 Å². The van der Waals surface area contributed by atoms with E-state index in [2.05, 4.69) is 5.32 Å². The normalized spacial score (nSPS) is 12.0. The summed E-state index contributed by atoms with van der Waals surface area (Å²) >= 11 is 0. The van der Waals surface area contributed by atoms with Gasteiger partial charge in [0.25, 0.3) is 5.69 Å². The quantitative estimate of drug-likeness (QED) is 0.328. The van der Waals surface area contributed by atoms with Crippen LogP contribution < -0.4 is 10.1 Å². The molecule has 0 spiro atoms. The van der Waals surface area contributed by atoms with Crippen LogP contribution in [-0.2, 0) is 16.0 Å². The molecule has 0 aromatic heterocycles. The molecule has 2 rings (SSSR count). The van der Waals surface area contributed by atoms with E-state index in [1.807, 2.05) is 0 Å². The molecule has 0 saturated heterocycles. The number of ether oxygens (including phenoxy) is 2. The highest BCUT2D eigenvalue weighted by atomic mass is 16.6. The Labute approximate surface area is 167 Å². The third-order valence-electron chi connectivity index (χ3n) is 3.62. The Bertz CT molecular complexity index is 871. The van der Waals surface area contributed by atoms with Crippen molar-refractivity contribution in [3.63, 3.8) is 0 Å². The summed E-state index contributed by atoms with van der Waals surface area (Å²) in [5.41, 5.74) is -0.225. The van der Waals surface area contributed by atoms with Gasteiger partial charge in [0.15, 0.2) is 0 Å². The highest BCUT2D eigenvalue weighted by Crippen LogP contribution is 2.19. The maximum Gasteiger partial charge on any atom is 0.408 e. The maximum atomic E-state index is 12.6. The van der Waals surface area contributed by atoms with Crippen molar-refractivity contribution in [3.05, 3.63) is 64.2 Å². The number of amides is 1. The van der Waals surface area contributed by atoms with Crippen LogP contribution in [0.2, 0.25) is 0 Å². The number of rotatable bonds is 6. The van der Waals surface area contributed by atoms with Crippen molar-refractivity contribution in [1.82, 2.24) is 5.32 Å². The molecule has 0 aliphatic heterocycles. The monoisotopic (exact) mass is 402 g/mol. The van der Waals surface area contributed by atoms with Crippen molar-refractivity contribution in [3.8, 4) is 11.5 Å². The average molecular weight is 402 g/mol. The molecule has 29 heavy (non-hydrogen) atoms.